The monoisotopic (exact) mass is 176 g/mol. The number of benzene rings is 1. The molecule has 60 valence electrons. The van der Waals surface area contributed by atoms with Crippen molar-refractivity contribution < 1.29 is 8.42 Å². The van der Waals surface area contributed by atoms with Crippen molar-refractivity contribution in [3.8, 4) is 0 Å². The Labute approximate surface area is 85.4 Å². The van der Waals surface area contributed by atoms with Crippen LogP contribution in [-0.4, -0.2) is 27.3 Å². The Kier molecular flexibility index (Phi) is 5.82. The van der Waals surface area contributed by atoms with Gasteiger partial charge >= 0.3 is 18.9 Å². The Bertz CT molecular complexity index is 309. The number of rotatable bonds is 2. The van der Waals surface area contributed by atoms with Gasteiger partial charge in [-0.15, -0.1) is 0 Å². The molecule has 0 fully saturated rings. The molecule has 0 amide bonds. The molecule has 1 rings (SSSR count). The van der Waals surface area contributed by atoms with E-state index in [1.54, 1.807) is 6.08 Å². The van der Waals surface area contributed by atoms with Crippen molar-refractivity contribution in [2.45, 2.75) is 0 Å². The van der Waals surface area contributed by atoms with Crippen LogP contribution in [-0.2, 0) is 10.7 Å². The third-order valence-electron chi connectivity index (χ3n) is 1.19. The SMILES string of the molecule is O=[SH](=O)C=Cc1ccccc1.[LiH]. The normalized spacial score (nSPS) is 10.1. The molecule has 0 unspecified atom stereocenters. The molecular weight excluding hydrogens is 167 g/mol. The third-order valence-corrected chi connectivity index (χ3v) is 1.58. The molecular formula is C8H9LiO2S. The second-order valence-electron chi connectivity index (χ2n) is 2.01. The summed E-state index contributed by atoms with van der Waals surface area (Å²) < 4.78 is 20.2. The van der Waals surface area contributed by atoms with Gasteiger partial charge in [0, 0.05) is 5.41 Å². The Balaban J connectivity index is 0.00000121. The molecule has 0 N–H and O–H groups in total. The van der Waals surface area contributed by atoms with Gasteiger partial charge in [-0.3, -0.25) is 0 Å². The first-order chi connectivity index (χ1) is 5.29. The van der Waals surface area contributed by atoms with Crippen molar-refractivity contribution in [2.24, 2.45) is 0 Å². The van der Waals surface area contributed by atoms with Crippen LogP contribution in [0.1, 0.15) is 5.56 Å². The molecule has 0 aromatic heterocycles. The first kappa shape index (κ1) is 11.5. The number of thiol groups is 1. The molecule has 2 nitrogen and oxygen atoms in total. The minimum absolute atomic E-state index is 0. The zero-order valence-electron chi connectivity index (χ0n) is 5.81. The van der Waals surface area contributed by atoms with Crippen molar-refractivity contribution in [2.75, 3.05) is 0 Å². The van der Waals surface area contributed by atoms with Crippen LogP contribution in [0, 0.1) is 0 Å². The van der Waals surface area contributed by atoms with E-state index in [1.807, 2.05) is 30.3 Å². The van der Waals surface area contributed by atoms with Gasteiger partial charge in [0.05, 0.1) is 0 Å². The Hall–Kier alpha value is -0.493. The van der Waals surface area contributed by atoms with E-state index in [9.17, 15) is 8.42 Å². The predicted octanol–water partition coefficient (Wildman–Crippen LogP) is 0.620. The Morgan fingerprint density at radius 1 is 1.08 bits per heavy atom. The van der Waals surface area contributed by atoms with Crippen LogP contribution in [0.25, 0.3) is 6.08 Å². The third kappa shape index (κ3) is 4.40. The van der Waals surface area contributed by atoms with E-state index < -0.39 is 10.7 Å². The molecule has 0 atom stereocenters. The van der Waals surface area contributed by atoms with Crippen LogP contribution in [0.15, 0.2) is 35.7 Å². The fourth-order valence-corrected chi connectivity index (χ4v) is 1.00. The van der Waals surface area contributed by atoms with E-state index in [1.165, 1.54) is 0 Å². The Morgan fingerprint density at radius 3 is 2.17 bits per heavy atom. The van der Waals surface area contributed by atoms with Crippen LogP contribution in [0.3, 0.4) is 0 Å². The fourth-order valence-electron chi connectivity index (χ4n) is 0.711. The molecule has 0 spiro atoms. The molecule has 4 heteroatoms. The van der Waals surface area contributed by atoms with E-state index in [0.29, 0.717) is 0 Å². The van der Waals surface area contributed by atoms with Gasteiger partial charge in [0.25, 0.3) is 0 Å². The molecule has 1 aromatic carbocycles. The fraction of sp³-hybridized carbons (Fsp3) is 0. The second-order valence-corrected chi connectivity index (χ2v) is 2.88. The van der Waals surface area contributed by atoms with E-state index in [0.717, 1.165) is 11.0 Å². The zero-order valence-corrected chi connectivity index (χ0v) is 6.70. The van der Waals surface area contributed by atoms with Crippen molar-refractivity contribution in [3.05, 3.63) is 41.3 Å². The van der Waals surface area contributed by atoms with Crippen molar-refractivity contribution >= 4 is 35.6 Å². The van der Waals surface area contributed by atoms with Gasteiger partial charge in [0.1, 0.15) is 0 Å². The van der Waals surface area contributed by atoms with Gasteiger partial charge in [-0.05, 0) is 11.6 Å². The maximum atomic E-state index is 10.1. The van der Waals surface area contributed by atoms with Crippen LogP contribution >= 0.6 is 0 Å². The van der Waals surface area contributed by atoms with Crippen LogP contribution in [0.5, 0.6) is 0 Å². The van der Waals surface area contributed by atoms with Crippen LogP contribution in [0.4, 0.5) is 0 Å². The van der Waals surface area contributed by atoms with E-state index in [2.05, 4.69) is 0 Å². The summed E-state index contributed by atoms with van der Waals surface area (Å²) in [5.74, 6) is 0. The zero-order chi connectivity index (χ0) is 8.10. The second kappa shape index (κ2) is 6.07. The summed E-state index contributed by atoms with van der Waals surface area (Å²) in [5.41, 5.74) is 0.895. The molecule has 0 heterocycles. The van der Waals surface area contributed by atoms with Gasteiger partial charge in [-0.2, -0.15) is 0 Å². The van der Waals surface area contributed by atoms with Crippen molar-refractivity contribution in [1.82, 2.24) is 0 Å². The molecule has 1 aromatic rings. The summed E-state index contributed by atoms with van der Waals surface area (Å²) in [4.78, 5) is 0. The summed E-state index contributed by atoms with van der Waals surface area (Å²) in [5, 5.41) is 1.16. The van der Waals surface area contributed by atoms with Gasteiger partial charge < -0.3 is 0 Å². The van der Waals surface area contributed by atoms with Crippen LogP contribution < -0.4 is 0 Å². The molecule has 12 heavy (non-hydrogen) atoms. The first-order valence-electron chi connectivity index (χ1n) is 3.16. The molecule has 0 saturated carbocycles. The average molecular weight is 176 g/mol. The first-order valence-corrected chi connectivity index (χ1v) is 4.40. The minimum atomic E-state index is -2.40. The maximum absolute atomic E-state index is 10.1. The summed E-state index contributed by atoms with van der Waals surface area (Å²) in [7, 11) is -2.40. The molecule has 0 radical (unpaired) electrons. The van der Waals surface area contributed by atoms with Crippen molar-refractivity contribution in [3.63, 3.8) is 0 Å². The summed E-state index contributed by atoms with van der Waals surface area (Å²) >= 11 is 0. The summed E-state index contributed by atoms with van der Waals surface area (Å²) in [6.07, 6.45) is 1.56. The van der Waals surface area contributed by atoms with E-state index in [-0.39, 0.29) is 18.9 Å². The number of hydrogen-bond acceptors (Lipinski definition) is 2. The molecule has 0 bridgehead atoms. The van der Waals surface area contributed by atoms with Gasteiger partial charge in [-0.25, -0.2) is 8.42 Å². The number of hydrogen-bond donors (Lipinski definition) is 1. The molecule has 0 aliphatic heterocycles. The molecule has 0 aliphatic rings. The predicted molar refractivity (Wildman–Crippen MR) is 52.9 cm³/mol. The molecule has 0 saturated heterocycles. The van der Waals surface area contributed by atoms with E-state index >= 15 is 0 Å². The standard InChI is InChI=1S/C8H8O2S.Li.H/c9-11(10)7-6-8-4-2-1-3-5-8;;/h1-7,11H;;. The van der Waals surface area contributed by atoms with Gasteiger partial charge in [-0.1, -0.05) is 30.3 Å². The average Bonchev–Trinajstić information content (AvgIpc) is 2.03. The Morgan fingerprint density at radius 2 is 1.67 bits per heavy atom. The summed E-state index contributed by atoms with van der Waals surface area (Å²) in [6.45, 7) is 0. The topological polar surface area (TPSA) is 34.1 Å². The molecule has 0 aliphatic carbocycles. The van der Waals surface area contributed by atoms with Gasteiger partial charge in [0.2, 0.25) is 0 Å². The van der Waals surface area contributed by atoms with Crippen LogP contribution in [0.2, 0.25) is 0 Å². The summed E-state index contributed by atoms with van der Waals surface area (Å²) in [6, 6.07) is 9.29. The van der Waals surface area contributed by atoms with E-state index in [4.69, 9.17) is 0 Å². The quantitative estimate of drug-likeness (QED) is 0.529. The van der Waals surface area contributed by atoms with Crippen molar-refractivity contribution in [1.29, 1.82) is 0 Å². The van der Waals surface area contributed by atoms with Gasteiger partial charge in [0.15, 0.2) is 10.7 Å².